The zero-order chi connectivity index (χ0) is 10.3. The Labute approximate surface area is 115 Å². The number of rotatable bonds is 1. The van der Waals surface area contributed by atoms with Gasteiger partial charge in [0.2, 0.25) is 0 Å². The number of halogens is 1. The van der Waals surface area contributed by atoms with E-state index in [9.17, 15) is 0 Å². The van der Waals surface area contributed by atoms with Crippen molar-refractivity contribution in [1.29, 1.82) is 0 Å². The summed E-state index contributed by atoms with van der Waals surface area (Å²) in [5.41, 5.74) is 1.65. The van der Waals surface area contributed by atoms with Gasteiger partial charge in [0.05, 0.1) is 0 Å². The maximum Gasteiger partial charge on any atom is 0.0209 e. The fourth-order valence-electron chi connectivity index (χ4n) is 0.920. The molecule has 1 aliphatic rings. The van der Waals surface area contributed by atoms with Crippen LogP contribution in [0, 0.1) is 11.5 Å². The molecule has 0 nitrogen and oxygen atoms in total. The fraction of sp³-hybridized carbons (Fsp3) is 0.500. The fourth-order valence-corrected chi connectivity index (χ4v) is 0.920. The maximum absolute atomic E-state index is 3.43. The minimum atomic E-state index is 0. The average molecular weight is 421 g/mol. The van der Waals surface area contributed by atoms with Crippen LogP contribution in [0.5, 0.6) is 0 Å². The summed E-state index contributed by atoms with van der Waals surface area (Å²) >= 11 is 3.13. The van der Waals surface area contributed by atoms with Crippen molar-refractivity contribution in [2.45, 2.75) is 27.2 Å². The van der Waals surface area contributed by atoms with Gasteiger partial charge in [0, 0.05) is 31.2 Å². The molecule has 0 saturated carbocycles. The van der Waals surface area contributed by atoms with E-state index in [-0.39, 0.29) is 25.8 Å². The van der Waals surface area contributed by atoms with Crippen LogP contribution in [-0.4, -0.2) is 5.33 Å². The minimum absolute atomic E-state index is 0. The van der Waals surface area contributed by atoms with Crippen molar-refractivity contribution in [1.82, 2.24) is 0 Å². The van der Waals surface area contributed by atoms with Crippen LogP contribution in [0.4, 0.5) is 0 Å². The first-order valence-electron chi connectivity index (χ1n) is 4.47. The Bertz CT molecular complexity index is 209. The second kappa shape index (κ2) is 8.84. The number of hydrogen-bond donors (Lipinski definition) is 0. The van der Waals surface area contributed by atoms with E-state index >= 15 is 0 Å². The van der Waals surface area contributed by atoms with Gasteiger partial charge in [-0.2, -0.15) is 6.08 Å². The molecule has 0 heterocycles. The van der Waals surface area contributed by atoms with E-state index in [1.165, 1.54) is 5.57 Å². The van der Waals surface area contributed by atoms with E-state index in [1.54, 1.807) is 6.08 Å². The molecule has 0 saturated heterocycles. The Morgan fingerprint density at radius 2 is 2.07 bits per heavy atom. The number of allylic oxidation sites excluding steroid dienone is 5. The summed E-state index contributed by atoms with van der Waals surface area (Å²) in [5, 5.41) is 0.896. The van der Waals surface area contributed by atoms with E-state index in [0.29, 0.717) is 5.41 Å². The molecule has 0 aliphatic heterocycles. The molecule has 0 unspecified atom stereocenters. The third-order valence-electron chi connectivity index (χ3n) is 1.61. The van der Waals surface area contributed by atoms with Gasteiger partial charge in [0.15, 0.2) is 0 Å². The first-order chi connectivity index (χ1) is 6.02. The first kappa shape index (κ1) is 17.0. The van der Waals surface area contributed by atoms with E-state index in [2.05, 4.69) is 61.5 Å². The second-order valence-corrected chi connectivity index (χ2v) is 4.54. The number of hydrogen-bond acceptors (Lipinski definition) is 0. The summed E-state index contributed by atoms with van der Waals surface area (Å²) in [5.74, 6) is 0. The van der Waals surface area contributed by atoms with Gasteiger partial charge in [0.1, 0.15) is 0 Å². The third-order valence-corrected chi connectivity index (χ3v) is 2.07. The first-order valence-corrected chi connectivity index (χ1v) is 5.59. The Morgan fingerprint density at radius 3 is 2.21 bits per heavy atom. The Hall–Kier alpha value is 0.570. The standard InChI is InChI=1S/C9H13.C3H5Br.Hf/c1-9(2,3)8-6-4-5-7-8;1-2-3-4;/h4,6H,5H2,1-3H3;2H,1,3H2;/q-1;;. The molecule has 0 aromatic rings. The molecule has 0 amide bonds. The summed E-state index contributed by atoms with van der Waals surface area (Å²) in [4.78, 5) is 0. The van der Waals surface area contributed by atoms with Gasteiger partial charge in [-0.1, -0.05) is 42.8 Å². The predicted octanol–water partition coefficient (Wildman–Crippen LogP) is 4.29. The summed E-state index contributed by atoms with van der Waals surface area (Å²) in [6.45, 7) is 10.1. The molecule has 1 aliphatic carbocycles. The predicted molar refractivity (Wildman–Crippen MR) is 64.0 cm³/mol. The van der Waals surface area contributed by atoms with Crippen molar-refractivity contribution >= 4 is 15.9 Å². The average Bonchev–Trinajstić information content (AvgIpc) is 2.55. The van der Waals surface area contributed by atoms with Crippen molar-refractivity contribution in [3.8, 4) is 0 Å². The van der Waals surface area contributed by atoms with E-state index in [0.717, 1.165) is 11.8 Å². The van der Waals surface area contributed by atoms with E-state index < -0.39 is 0 Å². The Kier molecular flexibility index (Phi) is 10.7. The molecule has 14 heavy (non-hydrogen) atoms. The van der Waals surface area contributed by atoms with Gasteiger partial charge in [-0.25, -0.2) is 11.6 Å². The zero-order valence-corrected chi connectivity index (χ0v) is 14.4. The SMILES string of the molecule is C=CCBr.CC(C)(C)C1=[C-]CC=C1.[Hf]. The molecule has 0 aromatic heterocycles. The van der Waals surface area contributed by atoms with Crippen molar-refractivity contribution in [2.75, 3.05) is 5.33 Å². The smallest absolute Gasteiger partial charge is 0.0209 e. The molecule has 0 atom stereocenters. The van der Waals surface area contributed by atoms with Crippen molar-refractivity contribution in [3.63, 3.8) is 0 Å². The van der Waals surface area contributed by atoms with E-state index in [4.69, 9.17) is 0 Å². The molecule has 0 radical (unpaired) electrons. The molecule has 1 rings (SSSR count). The molecule has 2 heteroatoms. The van der Waals surface area contributed by atoms with Gasteiger partial charge >= 0.3 is 0 Å². The molecule has 0 bridgehead atoms. The molecule has 78 valence electrons. The van der Waals surface area contributed by atoms with E-state index in [1.807, 2.05) is 0 Å². The molecule has 0 N–H and O–H groups in total. The van der Waals surface area contributed by atoms with Crippen LogP contribution >= 0.6 is 15.9 Å². The molecular formula is C12H18BrHf-. The van der Waals surface area contributed by atoms with Crippen LogP contribution in [0.1, 0.15) is 27.2 Å². The minimum Gasteiger partial charge on any atom is -0.269 e. The zero-order valence-electron chi connectivity index (χ0n) is 9.23. The van der Waals surface area contributed by atoms with Crippen molar-refractivity contribution < 1.29 is 25.8 Å². The summed E-state index contributed by atoms with van der Waals surface area (Å²) in [7, 11) is 0. The van der Waals surface area contributed by atoms with Gasteiger partial charge in [-0.3, -0.25) is 6.08 Å². The van der Waals surface area contributed by atoms with Crippen LogP contribution in [0.25, 0.3) is 0 Å². The van der Waals surface area contributed by atoms with Gasteiger partial charge < -0.3 is 0 Å². The third kappa shape index (κ3) is 7.93. The summed E-state index contributed by atoms with van der Waals surface area (Å²) in [6, 6.07) is 0. The normalized spacial score (nSPS) is 13.6. The Balaban J connectivity index is 0. The van der Waals surface area contributed by atoms with Crippen molar-refractivity contribution in [2.24, 2.45) is 5.41 Å². The molecular weight excluding hydrogens is 403 g/mol. The largest absolute Gasteiger partial charge is 0.269 e. The van der Waals surface area contributed by atoms with Crippen LogP contribution < -0.4 is 0 Å². The summed E-state index contributed by atoms with van der Waals surface area (Å²) < 4.78 is 0. The van der Waals surface area contributed by atoms with Crippen LogP contribution in [-0.2, 0) is 25.8 Å². The number of alkyl halides is 1. The second-order valence-electron chi connectivity index (χ2n) is 3.89. The van der Waals surface area contributed by atoms with Gasteiger partial charge in [0.25, 0.3) is 0 Å². The topological polar surface area (TPSA) is 0 Å². The molecule has 0 fully saturated rings. The summed E-state index contributed by atoms with van der Waals surface area (Å²) in [6.07, 6.45) is 10.4. The van der Waals surface area contributed by atoms with Gasteiger partial charge in [-0.15, -0.1) is 13.0 Å². The van der Waals surface area contributed by atoms with Crippen molar-refractivity contribution in [3.05, 3.63) is 36.5 Å². The monoisotopic (exact) mass is 421 g/mol. The van der Waals surface area contributed by atoms with Crippen LogP contribution in [0.3, 0.4) is 0 Å². The quantitative estimate of drug-likeness (QED) is 0.257. The van der Waals surface area contributed by atoms with Crippen LogP contribution in [0.2, 0.25) is 0 Å². The Morgan fingerprint density at radius 1 is 1.57 bits per heavy atom. The maximum atomic E-state index is 3.43. The van der Waals surface area contributed by atoms with Gasteiger partial charge in [-0.05, 0) is 5.41 Å². The molecule has 0 spiro atoms. The molecule has 0 aromatic carbocycles. The van der Waals surface area contributed by atoms with Crippen LogP contribution in [0.15, 0.2) is 30.4 Å².